The molecule has 2 heterocycles. The Morgan fingerprint density at radius 1 is 1.22 bits per heavy atom. The lowest BCUT2D eigenvalue weighted by molar-refractivity contribution is -0.310. The number of rotatable bonds is 4. The SMILES string of the molecule is CCC(=O)N1CCC2(CC1)OC[C@@H](C(=O)[O-])N2C(=O)c1ccc(OC)cc1. The molecule has 2 aliphatic rings. The summed E-state index contributed by atoms with van der Waals surface area (Å²) >= 11 is 0. The number of carbonyl (C=O) groups excluding carboxylic acids is 3. The van der Waals surface area contributed by atoms with E-state index in [4.69, 9.17) is 9.47 Å². The molecule has 1 aromatic carbocycles. The summed E-state index contributed by atoms with van der Waals surface area (Å²) in [6.45, 7) is 2.51. The third-order valence-corrected chi connectivity index (χ3v) is 5.29. The summed E-state index contributed by atoms with van der Waals surface area (Å²) < 4.78 is 10.9. The maximum Gasteiger partial charge on any atom is 0.256 e. The van der Waals surface area contributed by atoms with Crippen LogP contribution in [0.2, 0.25) is 0 Å². The third-order valence-electron chi connectivity index (χ3n) is 5.29. The van der Waals surface area contributed by atoms with Gasteiger partial charge in [0.1, 0.15) is 11.5 Å². The van der Waals surface area contributed by atoms with E-state index in [1.165, 1.54) is 12.0 Å². The van der Waals surface area contributed by atoms with E-state index in [1.54, 1.807) is 36.1 Å². The minimum atomic E-state index is -1.35. The Bertz CT molecular complexity index is 724. The van der Waals surface area contributed by atoms with E-state index in [-0.39, 0.29) is 12.5 Å². The van der Waals surface area contributed by atoms with Gasteiger partial charge < -0.3 is 24.3 Å². The second-order valence-electron chi connectivity index (χ2n) is 6.73. The largest absolute Gasteiger partial charge is 0.548 e. The first-order valence-corrected chi connectivity index (χ1v) is 9.02. The molecule has 3 rings (SSSR count). The summed E-state index contributed by atoms with van der Waals surface area (Å²) in [5, 5.41) is 11.6. The van der Waals surface area contributed by atoms with E-state index in [0.717, 1.165) is 0 Å². The fourth-order valence-electron chi connectivity index (χ4n) is 3.75. The van der Waals surface area contributed by atoms with Crippen molar-refractivity contribution in [3.63, 3.8) is 0 Å². The molecule has 146 valence electrons. The number of carboxylic acid groups (broad SMARTS) is 1. The molecule has 1 atom stereocenters. The summed E-state index contributed by atoms with van der Waals surface area (Å²) in [5.41, 5.74) is -0.689. The van der Waals surface area contributed by atoms with Gasteiger partial charge in [0.25, 0.3) is 5.91 Å². The number of carboxylic acids is 1. The molecular formula is C19H23N2O6-. The Morgan fingerprint density at radius 2 is 1.85 bits per heavy atom. The predicted octanol–water partition coefficient (Wildman–Crippen LogP) is 0.0148. The van der Waals surface area contributed by atoms with E-state index < -0.39 is 23.6 Å². The van der Waals surface area contributed by atoms with Crippen molar-refractivity contribution < 1.29 is 29.0 Å². The number of aliphatic carboxylic acids is 1. The first-order valence-electron chi connectivity index (χ1n) is 9.02. The molecule has 8 heteroatoms. The zero-order valence-electron chi connectivity index (χ0n) is 15.5. The second-order valence-corrected chi connectivity index (χ2v) is 6.73. The van der Waals surface area contributed by atoms with Gasteiger partial charge in [0, 0.05) is 37.9 Å². The molecule has 2 saturated heterocycles. The van der Waals surface area contributed by atoms with E-state index in [1.807, 2.05) is 0 Å². The molecule has 1 aromatic rings. The topological polar surface area (TPSA) is 99.2 Å². The van der Waals surface area contributed by atoms with Crippen molar-refractivity contribution in [2.45, 2.75) is 38.0 Å². The van der Waals surface area contributed by atoms with Crippen molar-refractivity contribution >= 4 is 17.8 Å². The number of nitrogens with zero attached hydrogens (tertiary/aromatic N) is 2. The number of carbonyl (C=O) groups is 3. The Kier molecular flexibility index (Phi) is 5.36. The van der Waals surface area contributed by atoms with Crippen LogP contribution in [0.25, 0.3) is 0 Å². The highest BCUT2D eigenvalue weighted by molar-refractivity contribution is 5.97. The molecule has 0 N–H and O–H groups in total. The minimum absolute atomic E-state index is 0.0346. The molecule has 27 heavy (non-hydrogen) atoms. The molecule has 0 bridgehead atoms. The average molecular weight is 375 g/mol. The number of hydrogen-bond donors (Lipinski definition) is 0. The molecule has 0 aliphatic carbocycles. The van der Waals surface area contributed by atoms with Crippen LogP contribution < -0.4 is 9.84 Å². The molecule has 0 unspecified atom stereocenters. The number of ether oxygens (including phenoxy) is 2. The van der Waals surface area contributed by atoms with Crippen LogP contribution in [0.1, 0.15) is 36.5 Å². The summed E-state index contributed by atoms with van der Waals surface area (Å²) in [4.78, 5) is 39.7. The molecule has 2 fully saturated rings. The van der Waals surface area contributed by atoms with Gasteiger partial charge >= 0.3 is 0 Å². The molecule has 0 radical (unpaired) electrons. The second kappa shape index (κ2) is 7.56. The minimum Gasteiger partial charge on any atom is -0.548 e. The van der Waals surface area contributed by atoms with Crippen LogP contribution in [0.5, 0.6) is 5.75 Å². The molecule has 2 amide bonds. The number of methoxy groups -OCH3 is 1. The van der Waals surface area contributed by atoms with Crippen LogP contribution in [0.15, 0.2) is 24.3 Å². The Morgan fingerprint density at radius 3 is 2.37 bits per heavy atom. The quantitative estimate of drug-likeness (QED) is 0.735. The lowest BCUT2D eigenvalue weighted by Crippen LogP contribution is -2.60. The van der Waals surface area contributed by atoms with Crippen LogP contribution in [-0.2, 0) is 14.3 Å². The van der Waals surface area contributed by atoms with Crippen molar-refractivity contribution in [2.75, 3.05) is 26.8 Å². The van der Waals surface area contributed by atoms with Crippen LogP contribution in [0, 0.1) is 0 Å². The van der Waals surface area contributed by atoms with Gasteiger partial charge in [0.2, 0.25) is 5.91 Å². The molecule has 2 aliphatic heterocycles. The van der Waals surface area contributed by atoms with Gasteiger partial charge in [-0.1, -0.05) is 6.92 Å². The van der Waals surface area contributed by atoms with Crippen LogP contribution >= 0.6 is 0 Å². The highest BCUT2D eigenvalue weighted by atomic mass is 16.5. The maximum absolute atomic E-state index is 13.1. The smallest absolute Gasteiger partial charge is 0.256 e. The molecule has 8 nitrogen and oxygen atoms in total. The van der Waals surface area contributed by atoms with Crippen LogP contribution in [0.4, 0.5) is 0 Å². The Labute approximate surface area is 157 Å². The lowest BCUT2D eigenvalue weighted by Gasteiger charge is -2.45. The molecular weight excluding hydrogens is 352 g/mol. The number of hydrogen-bond acceptors (Lipinski definition) is 6. The van der Waals surface area contributed by atoms with Gasteiger partial charge in [0.05, 0.1) is 25.7 Å². The number of piperidine rings is 1. The fraction of sp³-hybridized carbons (Fsp3) is 0.526. The van der Waals surface area contributed by atoms with Gasteiger partial charge in [-0.25, -0.2) is 0 Å². The zero-order chi connectivity index (χ0) is 19.6. The van der Waals surface area contributed by atoms with E-state index >= 15 is 0 Å². The Hall–Kier alpha value is -2.61. The van der Waals surface area contributed by atoms with Gasteiger partial charge in [-0.3, -0.25) is 14.5 Å². The summed E-state index contributed by atoms with van der Waals surface area (Å²) in [6.07, 6.45) is 1.14. The molecule has 1 spiro atoms. The van der Waals surface area contributed by atoms with Crippen molar-refractivity contribution in [1.29, 1.82) is 0 Å². The highest BCUT2D eigenvalue weighted by Gasteiger charge is 2.52. The van der Waals surface area contributed by atoms with Gasteiger partial charge in [-0.2, -0.15) is 0 Å². The van der Waals surface area contributed by atoms with E-state index in [2.05, 4.69) is 0 Å². The molecule has 0 saturated carbocycles. The highest BCUT2D eigenvalue weighted by Crippen LogP contribution is 2.38. The standard InChI is InChI=1S/C19H24N2O6/c1-3-16(22)20-10-8-19(9-11-20)21(15(12-27-19)18(24)25)17(23)13-4-6-14(26-2)7-5-13/h4-7,15H,3,8-12H2,1-2H3,(H,24,25)/p-1/t15-/m0/s1. The maximum atomic E-state index is 13.1. The molecule has 0 aromatic heterocycles. The van der Waals surface area contributed by atoms with Gasteiger partial charge in [-0.15, -0.1) is 0 Å². The Balaban J connectivity index is 1.86. The van der Waals surface area contributed by atoms with Crippen molar-refractivity contribution in [1.82, 2.24) is 9.80 Å². The van der Waals surface area contributed by atoms with Crippen LogP contribution in [0.3, 0.4) is 0 Å². The fourth-order valence-corrected chi connectivity index (χ4v) is 3.75. The van der Waals surface area contributed by atoms with Gasteiger partial charge in [0.15, 0.2) is 0 Å². The summed E-state index contributed by atoms with van der Waals surface area (Å²) in [5.74, 6) is -1.14. The van der Waals surface area contributed by atoms with Crippen molar-refractivity contribution in [3.05, 3.63) is 29.8 Å². The first-order chi connectivity index (χ1) is 12.9. The first kappa shape index (κ1) is 19.2. The van der Waals surface area contributed by atoms with Crippen molar-refractivity contribution in [2.24, 2.45) is 0 Å². The third kappa shape index (κ3) is 3.49. The van der Waals surface area contributed by atoms with Crippen LogP contribution in [-0.4, -0.2) is 66.2 Å². The zero-order valence-corrected chi connectivity index (χ0v) is 15.5. The normalized spacial score (nSPS) is 21.3. The monoisotopic (exact) mass is 375 g/mol. The van der Waals surface area contributed by atoms with E-state index in [9.17, 15) is 19.5 Å². The number of benzene rings is 1. The van der Waals surface area contributed by atoms with Gasteiger partial charge in [-0.05, 0) is 24.3 Å². The summed E-state index contributed by atoms with van der Waals surface area (Å²) in [6, 6.07) is 5.32. The lowest BCUT2D eigenvalue weighted by atomic mass is 9.96. The average Bonchev–Trinajstić information content (AvgIpc) is 3.06. The number of likely N-dealkylation sites (tertiary alicyclic amines) is 1. The predicted molar refractivity (Wildman–Crippen MR) is 92.7 cm³/mol. The summed E-state index contributed by atoms with van der Waals surface area (Å²) in [7, 11) is 1.53. The van der Waals surface area contributed by atoms with E-state index in [0.29, 0.717) is 43.7 Å². The number of amides is 2. The van der Waals surface area contributed by atoms with Crippen molar-refractivity contribution in [3.8, 4) is 5.75 Å².